The van der Waals surface area contributed by atoms with Crippen molar-refractivity contribution in [2.75, 3.05) is 0 Å². The maximum absolute atomic E-state index is 9.19. The van der Waals surface area contributed by atoms with E-state index in [4.69, 9.17) is 11.5 Å². The molecule has 5 N–H and O–H groups in total. The molecule has 0 saturated carbocycles. The maximum Gasteiger partial charge on any atom is 0.186 e. The first kappa shape index (κ1) is 9.85. The first-order valence-electron chi connectivity index (χ1n) is 3.62. The Balaban J connectivity index is 2.80. The van der Waals surface area contributed by atoms with Gasteiger partial charge in [-0.1, -0.05) is 6.07 Å². The summed E-state index contributed by atoms with van der Waals surface area (Å²) in [5, 5.41) is 9.19. The zero-order valence-electron chi connectivity index (χ0n) is 6.87. The standard InChI is InChI=1S/C8H10BrN3O/c9-6-3-5(1-2-7(6)13)4-12-8(10)11/h1-3,13H,4H2,(H4,10,11,12). The van der Waals surface area contributed by atoms with Crippen LogP contribution < -0.4 is 11.5 Å². The number of phenolic OH excluding ortho intramolecular Hbond substituents is 1. The minimum atomic E-state index is 0.0594. The van der Waals surface area contributed by atoms with Crippen molar-refractivity contribution in [3.8, 4) is 5.75 Å². The molecule has 1 aromatic carbocycles. The Morgan fingerprint density at radius 3 is 2.69 bits per heavy atom. The van der Waals surface area contributed by atoms with Crippen molar-refractivity contribution < 1.29 is 5.11 Å². The zero-order chi connectivity index (χ0) is 9.84. The lowest BCUT2D eigenvalue weighted by Gasteiger charge is -2.00. The normalized spacial score (nSPS) is 9.62. The summed E-state index contributed by atoms with van der Waals surface area (Å²) in [5.41, 5.74) is 11.3. The van der Waals surface area contributed by atoms with Crippen molar-refractivity contribution in [2.24, 2.45) is 16.5 Å². The molecule has 0 aromatic heterocycles. The number of rotatable bonds is 2. The van der Waals surface area contributed by atoms with E-state index in [9.17, 15) is 5.11 Å². The molecule has 13 heavy (non-hydrogen) atoms. The molecule has 0 unspecified atom stereocenters. The molecule has 0 bridgehead atoms. The molecule has 0 aliphatic rings. The van der Waals surface area contributed by atoms with Crippen molar-refractivity contribution >= 4 is 21.9 Å². The maximum atomic E-state index is 9.19. The minimum Gasteiger partial charge on any atom is -0.507 e. The minimum absolute atomic E-state index is 0.0594. The Bertz CT molecular complexity index is 334. The summed E-state index contributed by atoms with van der Waals surface area (Å²) in [7, 11) is 0. The summed E-state index contributed by atoms with van der Waals surface area (Å²) in [5.74, 6) is 0.262. The van der Waals surface area contributed by atoms with Gasteiger partial charge in [0.25, 0.3) is 0 Å². The predicted octanol–water partition coefficient (Wildman–Crippen LogP) is 0.928. The fourth-order valence-electron chi connectivity index (χ4n) is 0.831. The first-order valence-corrected chi connectivity index (χ1v) is 4.41. The molecule has 1 rings (SSSR count). The summed E-state index contributed by atoms with van der Waals surface area (Å²) < 4.78 is 0.635. The molecule has 4 nitrogen and oxygen atoms in total. The van der Waals surface area contributed by atoms with Gasteiger partial charge in [0, 0.05) is 0 Å². The van der Waals surface area contributed by atoms with E-state index in [-0.39, 0.29) is 11.7 Å². The molecule has 0 atom stereocenters. The highest BCUT2D eigenvalue weighted by Gasteiger charge is 1.98. The van der Waals surface area contributed by atoms with Crippen LogP contribution in [-0.4, -0.2) is 11.1 Å². The molecule has 0 amide bonds. The van der Waals surface area contributed by atoms with Gasteiger partial charge in [0.05, 0.1) is 11.0 Å². The number of nitrogens with two attached hydrogens (primary N) is 2. The van der Waals surface area contributed by atoms with Gasteiger partial charge in [-0.05, 0) is 33.6 Å². The van der Waals surface area contributed by atoms with E-state index in [1.54, 1.807) is 18.2 Å². The van der Waals surface area contributed by atoms with Gasteiger partial charge in [-0.15, -0.1) is 0 Å². The van der Waals surface area contributed by atoms with Crippen LogP contribution in [-0.2, 0) is 6.54 Å². The number of aromatic hydroxyl groups is 1. The Labute approximate surface area is 84.4 Å². The lowest BCUT2D eigenvalue weighted by atomic mass is 10.2. The molecule has 0 heterocycles. The van der Waals surface area contributed by atoms with E-state index >= 15 is 0 Å². The molecule has 0 fully saturated rings. The van der Waals surface area contributed by atoms with Crippen LogP contribution in [0.4, 0.5) is 0 Å². The lowest BCUT2D eigenvalue weighted by Crippen LogP contribution is -2.22. The fourth-order valence-corrected chi connectivity index (χ4v) is 1.26. The quantitative estimate of drug-likeness (QED) is 0.534. The number of phenols is 1. The topological polar surface area (TPSA) is 84.6 Å². The van der Waals surface area contributed by atoms with Crippen LogP contribution in [0.5, 0.6) is 5.75 Å². The third kappa shape index (κ3) is 2.95. The molecule has 1 aromatic rings. The Kier molecular flexibility index (Phi) is 3.13. The number of nitrogens with zero attached hydrogens (tertiary/aromatic N) is 1. The average Bonchev–Trinajstić information content (AvgIpc) is 2.07. The van der Waals surface area contributed by atoms with Crippen molar-refractivity contribution in [3.63, 3.8) is 0 Å². The van der Waals surface area contributed by atoms with Crippen molar-refractivity contribution in [3.05, 3.63) is 28.2 Å². The Morgan fingerprint density at radius 2 is 2.15 bits per heavy atom. The lowest BCUT2D eigenvalue weighted by molar-refractivity contribution is 0.471. The smallest absolute Gasteiger partial charge is 0.186 e. The molecule has 0 aliphatic carbocycles. The molecule has 0 spiro atoms. The van der Waals surface area contributed by atoms with Gasteiger partial charge < -0.3 is 16.6 Å². The van der Waals surface area contributed by atoms with Crippen LogP contribution in [0, 0.1) is 0 Å². The van der Waals surface area contributed by atoms with E-state index in [1.807, 2.05) is 0 Å². The van der Waals surface area contributed by atoms with Crippen LogP contribution in [0.2, 0.25) is 0 Å². The third-order valence-corrected chi connectivity index (χ3v) is 2.09. The first-order chi connectivity index (χ1) is 6.09. The number of benzene rings is 1. The molecule has 70 valence electrons. The van der Waals surface area contributed by atoms with E-state index in [1.165, 1.54) is 0 Å². The summed E-state index contributed by atoms with van der Waals surface area (Å²) in [6.45, 7) is 0.418. The molecule has 5 heteroatoms. The summed E-state index contributed by atoms with van der Waals surface area (Å²) >= 11 is 3.19. The molecular weight excluding hydrogens is 234 g/mol. The predicted molar refractivity (Wildman–Crippen MR) is 55.3 cm³/mol. The van der Waals surface area contributed by atoms with Crippen LogP contribution in [0.1, 0.15) is 5.56 Å². The van der Waals surface area contributed by atoms with E-state index in [0.717, 1.165) is 5.56 Å². The SMILES string of the molecule is NC(N)=NCc1ccc(O)c(Br)c1. The van der Waals surface area contributed by atoms with Gasteiger partial charge in [-0.3, -0.25) is 0 Å². The van der Waals surface area contributed by atoms with Gasteiger partial charge in [0.2, 0.25) is 0 Å². The largest absolute Gasteiger partial charge is 0.507 e. The van der Waals surface area contributed by atoms with Gasteiger partial charge in [-0.2, -0.15) is 0 Å². The van der Waals surface area contributed by atoms with E-state index in [2.05, 4.69) is 20.9 Å². The molecular formula is C8H10BrN3O. The van der Waals surface area contributed by atoms with Gasteiger partial charge in [0.15, 0.2) is 5.96 Å². The zero-order valence-corrected chi connectivity index (χ0v) is 8.45. The highest BCUT2D eigenvalue weighted by molar-refractivity contribution is 9.10. The summed E-state index contributed by atoms with van der Waals surface area (Å²) in [6.07, 6.45) is 0. The van der Waals surface area contributed by atoms with Crippen molar-refractivity contribution in [1.29, 1.82) is 0 Å². The van der Waals surface area contributed by atoms with Crippen molar-refractivity contribution in [2.45, 2.75) is 6.54 Å². The van der Waals surface area contributed by atoms with E-state index in [0.29, 0.717) is 11.0 Å². The van der Waals surface area contributed by atoms with Gasteiger partial charge >= 0.3 is 0 Å². The number of hydrogen-bond donors (Lipinski definition) is 3. The Morgan fingerprint density at radius 1 is 1.46 bits per heavy atom. The van der Waals surface area contributed by atoms with Crippen LogP contribution in [0.25, 0.3) is 0 Å². The highest BCUT2D eigenvalue weighted by atomic mass is 79.9. The third-order valence-electron chi connectivity index (χ3n) is 1.46. The number of halogens is 1. The number of hydrogen-bond acceptors (Lipinski definition) is 2. The molecule has 0 radical (unpaired) electrons. The molecule has 0 saturated heterocycles. The number of guanidine groups is 1. The van der Waals surface area contributed by atoms with E-state index < -0.39 is 0 Å². The second kappa shape index (κ2) is 4.13. The highest BCUT2D eigenvalue weighted by Crippen LogP contribution is 2.24. The average molecular weight is 244 g/mol. The Hall–Kier alpha value is -1.23. The van der Waals surface area contributed by atoms with Crippen LogP contribution >= 0.6 is 15.9 Å². The summed E-state index contributed by atoms with van der Waals surface area (Å²) in [6, 6.07) is 5.11. The second-order valence-electron chi connectivity index (χ2n) is 2.53. The van der Waals surface area contributed by atoms with Crippen molar-refractivity contribution in [1.82, 2.24) is 0 Å². The fraction of sp³-hybridized carbons (Fsp3) is 0.125. The van der Waals surface area contributed by atoms with Gasteiger partial charge in [0.1, 0.15) is 5.75 Å². The monoisotopic (exact) mass is 243 g/mol. The number of aliphatic imine (C=N–C) groups is 1. The van der Waals surface area contributed by atoms with Gasteiger partial charge in [-0.25, -0.2) is 4.99 Å². The van der Waals surface area contributed by atoms with Crippen LogP contribution in [0.15, 0.2) is 27.7 Å². The molecule has 0 aliphatic heterocycles. The second-order valence-corrected chi connectivity index (χ2v) is 3.38. The summed E-state index contributed by atoms with van der Waals surface area (Å²) in [4.78, 5) is 3.84. The van der Waals surface area contributed by atoms with Crippen LogP contribution in [0.3, 0.4) is 0 Å².